The van der Waals surface area contributed by atoms with Crippen molar-refractivity contribution in [2.45, 2.75) is 19.8 Å². The lowest BCUT2D eigenvalue weighted by Gasteiger charge is -1.91. The molecule has 0 radical (unpaired) electrons. The minimum absolute atomic E-state index is 0.334. The topological polar surface area (TPSA) is 38.9 Å². The van der Waals surface area contributed by atoms with Crippen molar-refractivity contribution in [1.82, 2.24) is 10.2 Å². The van der Waals surface area contributed by atoms with Crippen molar-refractivity contribution in [2.75, 3.05) is 0 Å². The number of aromatic nitrogens is 2. The number of nitrogens with zero attached hydrogens (tertiary/aromatic N) is 2. The number of hydrogen-bond donors (Lipinski definition) is 0. The zero-order valence-electron chi connectivity index (χ0n) is 5.26. The quantitative estimate of drug-likeness (QED) is 0.700. The molecule has 3 nitrogen and oxygen atoms in total. The molecular weight excluding hydrogens is 231 g/mol. The van der Waals surface area contributed by atoms with Crippen LogP contribution in [0.15, 0.2) is 4.42 Å². The summed E-state index contributed by atoms with van der Waals surface area (Å²) in [4.78, 5) is 0. The molecular formula is C5H7IN2O. The Kier molecular flexibility index (Phi) is 2.05. The van der Waals surface area contributed by atoms with Crippen molar-refractivity contribution in [1.29, 1.82) is 0 Å². The van der Waals surface area contributed by atoms with Gasteiger partial charge in [-0.25, -0.2) is 0 Å². The van der Waals surface area contributed by atoms with E-state index in [-0.39, 0.29) is 0 Å². The normalized spacial score (nSPS) is 10.7. The van der Waals surface area contributed by atoms with Crippen molar-refractivity contribution in [3.05, 3.63) is 9.79 Å². The van der Waals surface area contributed by atoms with E-state index in [4.69, 9.17) is 4.42 Å². The third-order valence-corrected chi connectivity index (χ3v) is 1.35. The largest absolute Gasteiger partial charge is 0.416 e. The van der Waals surface area contributed by atoms with Crippen molar-refractivity contribution in [3.63, 3.8) is 0 Å². The molecule has 4 heteroatoms. The minimum Gasteiger partial charge on any atom is -0.416 e. The molecule has 1 aromatic rings. The molecule has 0 unspecified atom stereocenters. The van der Waals surface area contributed by atoms with Crippen LogP contribution in [-0.2, 0) is 0 Å². The maximum atomic E-state index is 5.11. The molecule has 0 aliphatic rings. The first-order valence-corrected chi connectivity index (χ1v) is 3.77. The fourth-order valence-corrected chi connectivity index (χ4v) is 0.783. The number of halogens is 1. The first-order chi connectivity index (χ1) is 4.20. The van der Waals surface area contributed by atoms with E-state index in [1.54, 1.807) is 0 Å². The van der Waals surface area contributed by atoms with Gasteiger partial charge in [0.1, 0.15) is 0 Å². The maximum Gasteiger partial charge on any atom is 0.278 e. The Balaban J connectivity index is 2.85. The Morgan fingerprint density at radius 1 is 1.44 bits per heavy atom. The first kappa shape index (κ1) is 6.98. The van der Waals surface area contributed by atoms with Gasteiger partial charge < -0.3 is 4.42 Å². The summed E-state index contributed by atoms with van der Waals surface area (Å²) in [6.45, 7) is 4.03. The predicted octanol–water partition coefficient (Wildman–Crippen LogP) is 1.80. The molecule has 0 saturated carbocycles. The van der Waals surface area contributed by atoms with Gasteiger partial charge in [-0.05, 0) is 0 Å². The zero-order valence-corrected chi connectivity index (χ0v) is 7.42. The molecule has 0 N–H and O–H groups in total. The van der Waals surface area contributed by atoms with Crippen LogP contribution < -0.4 is 0 Å². The molecule has 0 aliphatic carbocycles. The van der Waals surface area contributed by atoms with E-state index in [2.05, 4.69) is 10.2 Å². The zero-order chi connectivity index (χ0) is 6.85. The van der Waals surface area contributed by atoms with Gasteiger partial charge in [-0.1, -0.05) is 13.8 Å². The number of rotatable bonds is 1. The Bertz CT molecular complexity index is 197. The summed E-state index contributed by atoms with van der Waals surface area (Å²) in [6.07, 6.45) is 0. The summed E-state index contributed by atoms with van der Waals surface area (Å²) < 4.78 is 5.72. The van der Waals surface area contributed by atoms with Crippen LogP contribution in [0.25, 0.3) is 0 Å². The monoisotopic (exact) mass is 238 g/mol. The summed E-state index contributed by atoms with van der Waals surface area (Å²) in [5.74, 6) is 1.04. The van der Waals surface area contributed by atoms with E-state index in [1.807, 2.05) is 36.4 Å². The average molecular weight is 238 g/mol. The third-order valence-electron chi connectivity index (χ3n) is 0.910. The smallest absolute Gasteiger partial charge is 0.278 e. The molecule has 0 amide bonds. The highest BCUT2D eigenvalue weighted by atomic mass is 127. The highest BCUT2D eigenvalue weighted by Gasteiger charge is 2.05. The summed E-state index contributed by atoms with van der Waals surface area (Å²) in [5.41, 5.74) is 0. The third kappa shape index (κ3) is 1.64. The van der Waals surface area contributed by atoms with Crippen LogP contribution in [0, 0.1) is 3.90 Å². The number of hydrogen-bond acceptors (Lipinski definition) is 3. The Labute approximate surface area is 67.0 Å². The molecule has 0 saturated heterocycles. The van der Waals surface area contributed by atoms with Crippen LogP contribution in [0.3, 0.4) is 0 Å². The van der Waals surface area contributed by atoms with E-state index >= 15 is 0 Å². The summed E-state index contributed by atoms with van der Waals surface area (Å²) in [6, 6.07) is 0. The van der Waals surface area contributed by atoms with Crippen LogP contribution in [0.1, 0.15) is 25.7 Å². The molecule has 0 fully saturated rings. The van der Waals surface area contributed by atoms with Gasteiger partial charge in [0.2, 0.25) is 5.89 Å². The van der Waals surface area contributed by atoms with Gasteiger partial charge >= 0.3 is 0 Å². The van der Waals surface area contributed by atoms with E-state index in [0.29, 0.717) is 15.7 Å². The van der Waals surface area contributed by atoms with E-state index in [9.17, 15) is 0 Å². The second-order valence-corrected chi connectivity index (χ2v) is 2.97. The summed E-state index contributed by atoms with van der Waals surface area (Å²) >= 11 is 1.99. The van der Waals surface area contributed by atoms with Crippen LogP contribution in [-0.4, -0.2) is 10.2 Å². The van der Waals surface area contributed by atoms with Crippen molar-refractivity contribution < 1.29 is 4.42 Å². The molecule has 1 aromatic heterocycles. The van der Waals surface area contributed by atoms with Gasteiger partial charge in [0.15, 0.2) is 0 Å². The highest BCUT2D eigenvalue weighted by Crippen LogP contribution is 2.12. The molecule has 50 valence electrons. The lowest BCUT2D eigenvalue weighted by atomic mass is 10.2. The molecule has 1 heterocycles. The lowest BCUT2D eigenvalue weighted by molar-refractivity contribution is 0.449. The van der Waals surface area contributed by atoms with Crippen LogP contribution >= 0.6 is 22.6 Å². The van der Waals surface area contributed by atoms with Crippen LogP contribution in [0.2, 0.25) is 0 Å². The van der Waals surface area contributed by atoms with Crippen molar-refractivity contribution in [3.8, 4) is 0 Å². The predicted molar refractivity (Wildman–Crippen MR) is 41.1 cm³/mol. The Morgan fingerprint density at radius 2 is 2.11 bits per heavy atom. The van der Waals surface area contributed by atoms with Gasteiger partial charge in [0, 0.05) is 28.5 Å². The second-order valence-electron chi connectivity index (χ2n) is 2.05. The van der Waals surface area contributed by atoms with Crippen LogP contribution in [0.5, 0.6) is 0 Å². The lowest BCUT2D eigenvalue weighted by Crippen LogP contribution is -1.85. The van der Waals surface area contributed by atoms with Gasteiger partial charge in [-0.3, -0.25) is 0 Å². The van der Waals surface area contributed by atoms with Crippen molar-refractivity contribution >= 4 is 22.6 Å². The fourth-order valence-electron chi connectivity index (χ4n) is 0.449. The standard InChI is InChI=1S/C5H7IN2O/c1-3(2)4-7-8-5(6)9-4/h3H,1-2H3. The van der Waals surface area contributed by atoms with Crippen LogP contribution in [0.4, 0.5) is 0 Å². The Hall–Kier alpha value is -0.130. The molecule has 9 heavy (non-hydrogen) atoms. The highest BCUT2D eigenvalue weighted by molar-refractivity contribution is 14.1. The average Bonchev–Trinajstić information content (AvgIpc) is 2.14. The van der Waals surface area contributed by atoms with E-state index in [0.717, 1.165) is 0 Å². The fraction of sp³-hybridized carbons (Fsp3) is 0.600. The minimum atomic E-state index is 0.334. The van der Waals surface area contributed by atoms with Gasteiger partial charge in [-0.2, -0.15) is 0 Å². The Morgan fingerprint density at radius 3 is 2.33 bits per heavy atom. The molecule has 0 atom stereocenters. The summed E-state index contributed by atoms with van der Waals surface area (Å²) in [5, 5.41) is 7.50. The second kappa shape index (κ2) is 2.64. The first-order valence-electron chi connectivity index (χ1n) is 2.69. The van der Waals surface area contributed by atoms with Gasteiger partial charge in [-0.15, -0.1) is 10.2 Å². The molecule has 0 bridgehead atoms. The van der Waals surface area contributed by atoms with Crippen molar-refractivity contribution in [2.24, 2.45) is 0 Å². The molecule has 0 aliphatic heterocycles. The van der Waals surface area contributed by atoms with Gasteiger partial charge in [0.05, 0.1) is 0 Å². The van der Waals surface area contributed by atoms with E-state index < -0.39 is 0 Å². The molecule has 0 spiro atoms. The molecule has 0 aromatic carbocycles. The SMILES string of the molecule is CC(C)c1nnc(I)o1. The van der Waals surface area contributed by atoms with E-state index in [1.165, 1.54) is 0 Å². The van der Waals surface area contributed by atoms with Gasteiger partial charge in [0.25, 0.3) is 3.90 Å². The summed E-state index contributed by atoms with van der Waals surface area (Å²) in [7, 11) is 0. The molecule has 1 rings (SSSR count). The maximum absolute atomic E-state index is 5.11.